The van der Waals surface area contributed by atoms with E-state index in [4.69, 9.17) is 4.42 Å². The molecule has 1 fully saturated rings. The van der Waals surface area contributed by atoms with E-state index in [1.54, 1.807) is 35.6 Å². The summed E-state index contributed by atoms with van der Waals surface area (Å²) in [5, 5.41) is 3.95. The lowest BCUT2D eigenvalue weighted by molar-refractivity contribution is 0.0995. The maximum absolute atomic E-state index is 15.2. The average Bonchev–Trinajstić information content (AvgIpc) is 3.50. The Bertz CT molecular complexity index is 1100. The molecule has 0 unspecified atom stereocenters. The van der Waals surface area contributed by atoms with Crippen molar-refractivity contribution in [3.05, 3.63) is 75.8 Å². The van der Waals surface area contributed by atoms with Crippen LogP contribution < -0.4 is 5.32 Å². The number of benzene rings is 1. The van der Waals surface area contributed by atoms with Crippen molar-refractivity contribution in [1.29, 1.82) is 0 Å². The van der Waals surface area contributed by atoms with Gasteiger partial charge in [-0.2, -0.15) is 0 Å². The molecular weight excluding hydrogens is 437 g/mol. The van der Waals surface area contributed by atoms with Gasteiger partial charge < -0.3 is 14.6 Å². The summed E-state index contributed by atoms with van der Waals surface area (Å²) in [6.07, 6.45) is 5.76. The summed E-state index contributed by atoms with van der Waals surface area (Å²) in [6, 6.07) is 10.3. The van der Waals surface area contributed by atoms with Crippen molar-refractivity contribution >= 4 is 22.2 Å². The van der Waals surface area contributed by atoms with E-state index < -0.39 is 0 Å². The number of nitrogens with zero attached hydrogens (tertiary/aromatic N) is 2. The highest BCUT2D eigenvalue weighted by atomic mass is 32.1. The maximum atomic E-state index is 15.2. The van der Waals surface area contributed by atoms with Gasteiger partial charge in [0.15, 0.2) is 5.76 Å². The van der Waals surface area contributed by atoms with Gasteiger partial charge in [-0.1, -0.05) is 25.1 Å². The largest absolute Gasteiger partial charge is 0.459 e. The number of nitrogens with one attached hydrogen (secondary N) is 1. The second kappa shape index (κ2) is 9.79. The molecule has 3 heterocycles. The summed E-state index contributed by atoms with van der Waals surface area (Å²) in [5.41, 5.74) is 3.05. The van der Waals surface area contributed by atoms with Gasteiger partial charge in [0, 0.05) is 42.2 Å². The Morgan fingerprint density at radius 1 is 1.12 bits per heavy atom. The molecule has 2 aromatic heterocycles. The lowest BCUT2D eigenvalue weighted by atomic mass is 9.88. The van der Waals surface area contributed by atoms with Crippen LogP contribution >= 0.6 is 11.3 Å². The van der Waals surface area contributed by atoms with Crippen LogP contribution in [0.5, 0.6) is 0 Å². The molecule has 0 saturated carbocycles. The standard InChI is InChI=1S/C26H30FN3O2S/c1-2-29-13-15-30(16-14-29)24(18-8-3-5-10-20(18)27)23-19-9-4-6-12-22(19)33-26(23)28-25(31)21-11-7-17-32-21/h3,5,7-8,10-11,17,24H,2,4,6,9,12-16H2,1H3,(H,28,31)/t24-/m1/s1. The smallest absolute Gasteiger partial charge is 0.291 e. The first-order chi connectivity index (χ1) is 16.2. The molecule has 33 heavy (non-hydrogen) atoms. The molecule has 174 valence electrons. The quantitative estimate of drug-likeness (QED) is 0.532. The second-order valence-electron chi connectivity index (χ2n) is 8.78. The number of furan rings is 1. The van der Waals surface area contributed by atoms with Gasteiger partial charge in [0.2, 0.25) is 0 Å². The summed E-state index contributed by atoms with van der Waals surface area (Å²) in [6.45, 7) is 6.85. The van der Waals surface area contributed by atoms with E-state index in [-0.39, 0.29) is 23.5 Å². The lowest BCUT2D eigenvalue weighted by Gasteiger charge is -2.40. The Labute approximate surface area is 198 Å². The zero-order valence-electron chi connectivity index (χ0n) is 19.0. The van der Waals surface area contributed by atoms with E-state index in [0.717, 1.165) is 69.0 Å². The van der Waals surface area contributed by atoms with Gasteiger partial charge >= 0.3 is 0 Å². The Kier molecular flexibility index (Phi) is 6.62. The Morgan fingerprint density at radius 2 is 1.91 bits per heavy atom. The Balaban J connectivity index is 1.60. The van der Waals surface area contributed by atoms with Crippen molar-refractivity contribution in [1.82, 2.24) is 9.80 Å². The molecule has 2 aliphatic rings. The Hall–Kier alpha value is -2.48. The van der Waals surface area contributed by atoms with Gasteiger partial charge in [-0.25, -0.2) is 4.39 Å². The highest BCUT2D eigenvalue weighted by molar-refractivity contribution is 7.16. The van der Waals surface area contributed by atoms with E-state index in [1.165, 1.54) is 16.7 Å². The number of piperazine rings is 1. The number of fused-ring (bicyclic) bond motifs is 1. The fraction of sp³-hybridized carbons (Fsp3) is 0.423. The summed E-state index contributed by atoms with van der Waals surface area (Å²) < 4.78 is 20.6. The van der Waals surface area contributed by atoms with Gasteiger partial charge in [0.25, 0.3) is 5.91 Å². The zero-order valence-corrected chi connectivity index (χ0v) is 19.8. The molecule has 1 aromatic carbocycles. The summed E-state index contributed by atoms with van der Waals surface area (Å²) in [4.78, 5) is 19.1. The van der Waals surface area contributed by atoms with Crippen LogP contribution in [0, 0.1) is 5.82 Å². The van der Waals surface area contributed by atoms with Crippen molar-refractivity contribution in [3.8, 4) is 0 Å². The number of halogens is 1. The van der Waals surface area contributed by atoms with Crippen molar-refractivity contribution in [2.45, 2.75) is 38.6 Å². The normalized spacial score (nSPS) is 18.1. The van der Waals surface area contributed by atoms with Crippen LogP contribution in [0.4, 0.5) is 9.39 Å². The van der Waals surface area contributed by atoms with E-state index in [1.807, 2.05) is 12.1 Å². The molecule has 0 spiro atoms. The molecule has 5 nitrogen and oxygen atoms in total. The molecule has 1 N–H and O–H groups in total. The number of carbonyl (C=O) groups excluding carboxylic acids is 1. The van der Waals surface area contributed by atoms with E-state index in [9.17, 15) is 4.79 Å². The number of anilines is 1. The number of hydrogen-bond acceptors (Lipinski definition) is 5. The molecule has 1 aliphatic heterocycles. The minimum absolute atomic E-state index is 0.195. The third-order valence-corrected chi connectivity index (χ3v) is 8.10. The van der Waals surface area contributed by atoms with E-state index in [2.05, 4.69) is 22.0 Å². The van der Waals surface area contributed by atoms with Gasteiger partial charge in [0.05, 0.1) is 12.3 Å². The summed E-state index contributed by atoms with van der Waals surface area (Å²) in [5.74, 6) is -0.172. The summed E-state index contributed by atoms with van der Waals surface area (Å²) in [7, 11) is 0. The molecule has 1 saturated heterocycles. The lowest BCUT2D eigenvalue weighted by Crippen LogP contribution is -2.48. The molecule has 5 rings (SSSR count). The average molecular weight is 468 g/mol. The topological polar surface area (TPSA) is 48.7 Å². The first kappa shape index (κ1) is 22.3. The number of likely N-dealkylation sites (N-methyl/N-ethyl adjacent to an activating group) is 1. The molecule has 1 atom stereocenters. The minimum Gasteiger partial charge on any atom is -0.459 e. The molecule has 1 amide bonds. The molecular formula is C26H30FN3O2S. The molecule has 0 bridgehead atoms. The number of thiophene rings is 1. The fourth-order valence-corrected chi connectivity index (χ4v) is 6.43. The van der Waals surface area contributed by atoms with Gasteiger partial charge in [-0.3, -0.25) is 9.69 Å². The Morgan fingerprint density at radius 3 is 2.64 bits per heavy atom. The fourth-order valence-electron chi connectivity index (χ4n) is 5.11. The number of hydrogen-bond donors (Lipinski definition) is 1. The number of amides is 1. The third-order valence-electron chi connectivity index (χ3n) is 6.88. The summed E-state index contributed by atoms with van der Waals surface area (Å²) >= 11 is 1.65. The number of rotatable bonds is 6. The third kappa shape index (κ3) is 4.50. The molecule has 7 heteroatoms. The van der Waals surface area contributed by atoms with Gasteiger partial charge in [0.1, 0.15) is 10.8 Å². The van der Waals surface area contributed by atoms with Crippen molar-refractivity contribution in [2.75, 3.05) is 38.0 Å². The van der Waals surface area contributed by atoms with Crippen LogP contribution in [-0.4, -0.2) is 48.4 Å². The predicted octanol–water partition coefficient (Wildman–Crippen LogP) is 5.34. The zero-order chi connectivity index (χ0) is 22.8. The first-order valence-electron chi connectivity index (χ1n) is 11.9. The SMILES string of the molecule is CCN1CCN([C@H](c2ccccc2F)c2c(NC(=O)c3ccco3)sc3c2CCCC3)CC1. The monoisotopic (exact) mass is 467 g/mol. The van der Waals surface area contributed by atoms with E-state index in [0.29, 0.717) is 5.56 Å². The molecule has 1 aliphatic carbocycles. The van der Waals surface area contributed by atoms with Crippen molar-refractivity contribution in [2.24, 2.45) is 0 Å². The van der Waals surface area contributed by atoms with Crippen LogP contribution in [0.3, 0.4) is 0 Å². The predicted molar refractivity (Wildman–Crippen MR) is 130 cm³/mol. The van der Waals surface area contributed by atoms with Gasteiger partial charge in [-0.05, 0) is 56.0 Å². The highest BCUT2D eigenvalue weighted by Crippen LogP contribution is 2.46. The molecule has 0 radical (unpaired) electrons. The van der Waals surface area contributed by atoms with Crippen LogP contribution in [-0.2, 0) is 12.8 Å². The van der Waals surface area contributed by atoms with Crippen molar-refractivity contribution in [3.63, 3.8) is 0 Å². The van der Waals surface area contributed by atoms with Crippen LogP contribution in [0.25, 0.3) is 0 Å². The van der Waals surface area contributed by atoms with Crippen molar-refractivity contribution < 1.29 is 13.6 Å². The number of aryl methyl sites for hydroxylation is 1. The minimum atomic E-state index is -0.261. The maximum Gasteiger partial charge on any atom is 0.291 e. The van der Waals surface area contributed by atoms with Crippen LogP contribution in [0.2, 0.25) is 0 Å². The number of carbonyl (C=O) groups is 1. The van der Waals surface area contributed by atoms with E-state index >= 15 is 4.39 Å². The first-order valence-corrected chi connectivity index (χ1v) is 12.7. The van der Waals surface area contributed by atoms with Crippen LogP contribution in [0.15, 0.2) is 47.1 Å². The van der Waals surface area contributed by atoms with Crippen LogP contribution in [0.1, 0.15) is 57.9 Å². The highest BCUT2D eigenvalue weighted by Gasteiger charge is 2.35. The van der Waals surface area contributed by atoms with Gasteiger partial charge in [-0.15, -0.1) is 11.3 Å². The molecule has 3 aromatic rings. The second-order valence-corrected chi connectivity index (χ2v) is 9.88.